The summed E-state index contributed by atoms with van der Waals surface area (Å²) in [5.41, 5.74) is 0.712. The Hall–Kier alpha value is -2.11. The van der Waals surface area contributed by atoms with E-state index in [0.29, 0.717) is 6.42 Å². The van der Waals surface area contributed by atoms with Gasteiger partial charge in [0.1, 0.15) is 11.6 Å². The number of carbonyl (C=O) groups is 1. The van der Waals surface area contributed by atoms with Crippen molar-refractivity contribution in [2.75, 3.05) is 5.32 Å². The lowest BCUT2D eigenvalue weighted by molar-refractivity contribution is -0.117. The van der Waals surface area contributed by atoms with Crippen LogP contribution >= 0.6 is 0 Å². The van der Waals surface area contributed by atoms with Crippen molar-refractivity contribution in [2.45, 2.75) is 59.1 Å². The molecule has 1 aliphatic carbocycles. The van der Waals surface area contributed by atoms with Gasteiger partial charge in [0, 0.05) is 23.9 Å². The summed E-state index contributed by atoms with van der Waals surface area (Å²) in [7, 11) is 0. The smallest absolute Gasteiger partial charge is 0.387 e. The maximum absolute atomic E-state index is 12.5. The van der Waals surface area contributed by atoms with Crippen LogP contribution in [0.5, 0.6) is 5.75 Å². The second-order valence-corrected chi connectivity index (χ2v) is 7.87. The second kappa shape index (κ2) is 6.65. The number of carbonyl (C=O) groups excluding carboxylic acids is 1. The normalized spacial score (nSPS) is 15.4. The second-order valence-electron chi connectivity index (χ2n) is 7.87. The van der Waals surface area contributed by atoms with E-state index in [4.69, 9.17) is 0 Å². The number of halogens is 2. The number of nitrogens with one attached hydrogen (secondary N) is 1. The third-order valence-corrected chi connectivity index (χ3v) is 4.44. The number of aromatic nitrogens is 1. The molecule has 1 N–H and O–H groups in total. The molecule has 1 aromatic heterocycles. The van der Waals surface area contributed by atoms with Gasteiger partial charge in [-0.1, -0.05) is 20.8 Å². The number of hydrogen-bond donors (Lipinski definition) is 1. The van der Waals surface area contributed by atoms with E-state index in [0.717, 1.165) is 36.0 Å². The highest BCUT2D eigenvalue weighted by Gasteiger charge is 2.25. The van der Waals surface area contributed by atoms with Crippen LogP contribution in [-0.4, -0.2) is 17.1 Å². The van der Waals surface area contributed by atoms with Gasteiger partial charge in [0.15, 0.2) is 0 Å². The molecule has 0 unspecified atom stereocenters. The largest absolute Gasteiger partial charge is 0.435 e. The summed E-state index contributed by atoms with van der Waals surface area (Å²) < 4.78 is 31.6. The van der Waals surface area contributed by atoms with Gasteiger partial charge in [0.2, 0.25) is 5.91 Å². The van der Waals surface area contributed by atoms with Crippen molar-refractivity contribution >= 4 is 22.6 Å². The topological polar surface area (TPSA) is 43.3 Å². The molecule has 136 valence electrons. The molecule has 6 heteroatoms. The molecule has 1 amide bonds. The van der Waals surface area contributed by atoms with Crippen molar-refractivity contribution in [3.63, 3.8) is 0 Å². The molecule has 4 nitrogen and oxygen atoms in total. The number of rotatable bonds is 5. The molecule has 1 aromatic carbocycles. The maximum Gasteiger partial charge on any atom is 0.387 e. The van der Waals surface area contributed by atoms with E-state index in [-0.39, 0.29) is 23.1 Å². The lowest BCUT2D eigenvalue weighted by Crippen LogP contribution is -2.24. The van der Waals surface area contributed by atoms with Gasteiger partial charge in [0.25, 0.3) is 0 Å². The average Bonchev–Trinajstić information content (AvgIpc) is 2.72. The number of nitrogens with zero attached hydrogens (tertiary/aromatic N) is 1. The number of anilines is 1. The predicted molar refractivity (Wildman–Crippen MR) is 94.2 cm³/mol. The lowest BCUT2D eigenvalue weighted by atomic mass is 9.92. The highest BCUT2D eigenvalue weighted by atomic mass is 19.3. The molecule has 2 aromatic rings. The fourth-order valence-electron chi connectivity index (χ4n) is 3.18. The summed E-state index contributed by atoms with van der Waals surface area (Å²) in [4.78, 5) is 12.4. The fraction of sp³-hybridized carbons (Fsp3) is 0.526. The zero-order valence-electron chi connectivity index (χ0n) is 14.8. The van der Waals surface area contributed by atoms with E-state index >= 15 is 0 Å². The van der Waals surface area contributed by atoms with E-state index in [1.165, 1.54) is 6.07 Å². The van der Waals surface area contributed by atoms with E-state index < -0.39 is 6.61 Å². The van der Waals surface area contributed by atoms with E-state index in [2.05, 4.69) is 14.6 Å². The maximum atomic E-state index is 12.5. The number of hydrogen-bond acceptors (Lipinski definition) is 2. The zero-order valence-corrected chi connectivity index (χ0v) is 14.8. The molecule has 0 aliphatic heterocycles. The van der Waals surface area contributed by atoms with Gasteiger partial charge in [-0.25, -0.2) is 0 Å². The minimum absolute atomic E-state index is 0.0417. The number of benzene rings is 1. The molecular formula is C19H24F2N2O2. The van der Waals surface area contributed by atoms with E-state index in [9.17, 15) is 13.6 Å². The van der Waals surface area contributed by atoms with Gasteiger partial charge >= 0.3 is 6.61 Å². The predicted octanol–water partition coefficient (Wildman–Crippen LogP) is 5.34. The van der Waals surface area contributed by atoms with Gasteiger partial charge in [-0.05, 0) is 42.9 Å². The summed E-state index contributed by atoms with van der Waals surface area (Å²) >= 11 is 0. The van der Waals surface area contributed by atoms with Crippen LogP contribution in [0, 0.1) is 5.41 Å². The first-order valence-electron chi connectivity index (χ1n) is 8.62. The highest BCUT2D eigenvalue weighted by molar-refractivity contribution is 5.95. The van der Waals surface area contributed by atoms with Gasteiger partial charge < -0.3 is 14.6 Å². The van der Waals surface area contributed by atoms with Crippen LogP contribution in [0.2, 0.25) is 0 Å². The molecule has 1 fully saturated rings. The fourth-order valence-corrected chi connectivity index (χ4v) is 3.18. The minimum Gasteiger partial charge on any atom is -0.435 e. The molecular weight excluding hydrogens is 326 g/mol. The van der Waals surface area contributed by atoms with Crippen LogP contribution in [0.4, 0.5) is 14.6 Å². The lowest BCUT2D eigenvalue weighted by Gasteiger charge is -2.30. The van der Waals surface area contributed by atoms with E-state index in [1.54, 1.807) is 12.1 Å². The van der Waals surface area contributed by atoms with Crippen LogP contribution in [-0.2, 0) is 4.79 Å². The SMILES string of the molecule is CC(C)(C)CC(=O)Nc1cc2ccc(OC(F)F)cc2n1C1CCC1. The quantitative estimate of drug-likeness (QED) is 0.791. The average molecular weight is 350 g/mol. The molecule has 0 atom stereocenters. The third-order valence-electron chi connectivity index (χ3n) is 4.44. The van der Waals surface area contributed by atoms with Gasteiger partial charge in [0.05, 0.1) is 5.52 Å². The number of amides is 1. The molecule has 0 spiro atoms. The summed E-state index contributed by atoms with van der Waals surface area (Å²) in [6.07, 6.45) is 3.59. The van der Waals surface area contributed by atoms with Crippen molar-refractivity contribution in [2.24, 2.45) is 5.41 Å². The molecule has 3 rings (SSSR count). The van der Waals surface area contributed by atoms with Crippen LogP contribution in [0.3, 0.4) is 0 Å². The number of ether oxygens (including phenoxy) is 1. The minimum atomic E-state index is -2.85. The van der Waals surface area contributed by atoms with Crippen LogP contribution < -0.4 is 10.1 Å². The van der Waals surface area contributed by atoms with Gasteiger partial charge in [-0.15, -0.1) is 0 Å². The first-order valence-corrected chi connectivity index (χ1v) is 8.62. The Bertz CT molecular complexity index is 774. The molecule has 0 saturated heterocycles. The van der Waals surface area contributed by atoms with Crippen molar-refractivity contribution in [1.82, 2.24) is 4.57 Å². The van der Waals surface area contributed by atoms with Crippen LogP contribution in [0.25, 0.3) is 10.9 Å². The van der Waals surface area contributed by atoms with Crippen LogP contribution in [0.1, 0.15) is 52.5 Å². The number of fused-ring (bicyclic) bond motifs is 1. The zero-order chi connectivity index (χ0) is 18.2. The standard InChI is InChI=1S/C19H24F2N2O2/c1-19(2,3)11-17(24)22-16-9-12-7-8-14(25-18(20)21)10-15(12)23(16)13-5-4-6-13/h7-10,13,18H,4-6,11H2,1-3H3,(H,22,24). The Morgan fingerprint density at radius 3 is 2.60 bits per heavy atom. The summed E-state index contributed by atoms with van der Waals surface area (Å²) in [5.74, 6) is 0.817. The molecule has 0 radical (unpaired) electrons. The molecule has 1 saturated carbocycles. The monoisotopic (exact) mass is 350 g/mol. The van der Waals surface area contributed by atoms with Gasteiger partial charge in [-0.3, -0.25) is 4.79 Å². The van der Waals surface area contributed by atoms with Gasteiger partial charge in [-0.2, -0.15) is 8.78 Å². The molecule has 0 bridgehead atoms. The van der Waals surface area contributed by atoms with Crippen molar-refractivity contribution < 1.29 is 18.3 Å². The Morgan fingerprint density at radius 1 is 1.32 bits per heavy atom. The van der Waals surface area contributed by atoms with Crippen molar-refractivity contribution in [3.8, 4) is 5.75 Å². The van der Waals surface area contributed by atoms with Crippen LogP contribution in [0.15, 0.2) is 24.3 Å². The summed E-state index contributed by atoms with van der Waals surface area (Å²) in [5, 5.41) is 3.90. The Labute approximate surface area is 146 Å². The van der Waals surface area contributed by atoms with Crippen molar-refractivity contribution in [3.05, 3.63) is 24.3 Å². The highest BCUT2D eigenvalue weighted by Crippen LogP contribution is 2.39. The third kappa shape index (κ3) is 4.11. The Kier molecular flexibility index (Phi) is 4.71. The summed E-state index contributed by atoms with van der Waals surface area (Å²) in [6, 6.07) is 7.09. The van der Waals surface area contributed by atoms with E-state index in [1.807, 2.05) is 26.8 Å². The first-order chi connectivity index (χ1) is 11.7. The first kappa shape index (κ1) is 17.7. The Morgan fingerprint density at radius 2 is 2.04 bits per heavy atom. The van der Waals surface area contributed by atoms with Crippen molar-refractivity contribution in [1.29, 1.82) is 0 Å². The Balaban J connectivity index is 1.95. The molecule has 1 aliphatic rings. The number of alkyl halides is 2. The molecule has 25 heavy (non-hydrogen) atoms. The molecule has 1 heterocycles. The summed E-state index contributed by atoms with van der Waals surface area (Å²) in [6.45, 7) is 3.20.